The van der Waals surface area contributed by atoms with E-state index in [2.05, 4.69) is 4.99 Å². The third kappa shape index (κ3) is 1.47. The molecule has 0 amide bonds. The number of ether oxygens (including phenoxy) is 2. The summed E-state index contributed by atoms with van der Waals surface area (Å²) in [5, 5.41) is 0. The first kappa shape index (κ1) is 8.78. The Hall–Kier alpha value is -1.80. The van der Waals surface area contributed by atoms with Gasteiger partial charge in [-0.1, -0.05) is 6.07 Å². The van der Waals surface area contributed by atoms with Crippen LogP contribution >= 0.6 is 0 Å². The zero-order valence-corrected chi connectivity index (χ0v) is 7.69. The number of nitrogens with zero attached hydrogens (tertiary/aromatic N) is 1. The highest BCUT2D eigenvalue weighted by atomic mass is 16.7. The van der Waals surface area contributed by atoms with Crippen LogP contribution in [0, 0.1) is 0 Å². The Labute approximate surface area is 81.2 Å². The van der Waals surface area contributed by atoms with Gasteiger partial charge in [0.15, 0.2) is 11.5 Å². The van der Waals surface area contributed by atoms with Gasteiger partial charge in [0.05, 0.1) is 6.04 Å². The molecule has 1 aromatic carbocycles. The van der Waals surface area contributed by atoms with Crippen LogP contribution in [0.5, 0.6) is 11.5 Å². The second-order valence-corrected chi connectivity index (χ2v) is 3.01. The van der Waals surface area contributed by atoms with Crippen molar-refractivity contribution in [2.75, 3.05) is 6.79 Å². The van der Waals surface area contributed by atoms with Crippen LogP contribution in [0.2, 0.25) is 0 Å². The van der Waals surface area contributed by atoms with Gasteiger partial charge >= 0.3 is 0 Å². The number of aliphatic imine (C=N–C) groups is 1. The number of benzene rings is 1. The van der Waals surface area contributed by atoms with Crippen molar-refractivity contribution in [1.82, 2.24) is 0 Å². The van der Waals surface area contributed by atoms with Crippen LogP contribution < -0.4 is 9.47 Å². The van der Waals surface area contributed by atoms with Gasteiger partial charge in [-0.2, -0.15) is 4.99 Å². The minimum absolute atomic E-state index is 0.193. The first-order chi connectivity index (χ1) is 6.81. The molecule has 0 bridgehead atoms. The van der Waals surface area contributed by atoms with Crippen molar-refractivity contribution >= 4 is 6.08 Å². The van der Waals surface area contributed by atoms with E-state index < -0.39 is 0 Å². The average Bonchev–Trinajstić information content (AvgIpc) is 2.64. The molecule has 4 heteroatoms. The Morgan fingerprint density at radius 2 is 2.21 bits per heavy atom. The molecule has 0 saturated heterocycles. The van der Waals surface area contributed by atoms with Gasteiger partial charge in [0.25, 0.3) is 0 Å². The Balaban J connectivity index is 2.32. The monoisotopic (exact) mass is 191 g/mol. The molecule has 0 aliphatic carbocycles. The van der Waals surface area contributed by atoms with Crippen LogP contribution in [0.3, 0.4) is 0 Å². The molecule has 0 aromatic heterocycles. The van der Waals surface area contributed by atoms with E-state index in [1.54, 1.807) is 0 Å². The normalized spacial score (nSPS) is 14.6. The van der Waals surface area contributed by atoms with Crippen molar-refractivity contribution in [3.8, 4) is 11.5 Å². The Bertz CT molecular complexity index is 396. The third-order valence-corrected chi connectivity index (χ3v) is 2.13. The van der Waals surface area contributed by atoms with Gasteiger partial charge in [-0.15, -0.1) is 0 Å². The van der Waals surface area contributed by atoms with Crippen LogP contribution in [0.15, 0.2) is 23.2 Å². The molecule has 72 valence electrons. The van der Waals surface area contributed by atoms with Gasteiger partial charge in [0.1, 0.15) is 0 Å². The van der Waals surface area contributed by atoms with E-state index in [4.69, 9.17) is 9.47 Å². The molecule has 1 heterocycles. The van der Waals surface area contributed by atoms with E-state index >= 15 is 0 Å². The number of fused-ring (bicyclic) bond motifs is 1. The van der Waals surface area contributed by atoms with Gasteiger partial charge in [-0.25, -0.2) is 4.79 Å². The molecule has 14 heavy (non-hydrogen) atoms. The maximum absolute atomic E-state index is 10.1. The quantitative estimate of drug-likeness (QED) is 0.529. The molecular formula is C10H9NO3. The first-order valence-corrected chi connectivity index (χ1v) is 4.28. The molecule has 0 spiro atoms. The second-order valence-electron chi connectivity index (χ2n) is 3.01. The van der Waals surface area contributed by atoms with Crippen LogP contribution in [0.4, 0.5) is 0 Å². The molecule has 0 N–H and O–H groups in total. The second kappa shape index (κ2) is 3.52. The van der Waals surface area contributed by atoms with Crippen molar-refractivity contribution in [2.45, 2.75) is 13.0 Å². The van der Waals surface area contributed by atoms with E-state index in [0.29, 0.717) is 5.75 Å². The zero-order valence-electron chi connectivity index (χ0n) is 7.69. The highest BCUT2D eigenvalue weighted by Gasteiger charge is 2.15. The fraction of sp³-hybridized carbons (Fsp3) is 0.300. The highest BCUT2D eigenvalue weighted by Crippen LogP contribution is 2.34. The first-order valence-electron chi connectivity index (χ1n) is 4.28. The van der Waals surface area contributed by atoms with Gasteiger partial charge in [-0.05, 0) is 24.6 Å². The minimum atomic E-state index is -0.193. The zero-order chi connectivity index (χ0) is 9.97. The summed E-state index contributed by atoms with van der Waals surface area (Å²) in [5.74, 6) is 1.44. The maximum atomic E-state index is 10.1. The summed E-state index contributed by atoms with van der Waals surface area (Å²) in [7, 11) is 0. The van der Waals surface area contributed by atoms with E-state index in [0.717, 1.165) is 11.3 Å². The lowest BCUT2D eigenvalue weighted by molar-refractivity contribution is 0.174. The average molecular weight is 191 g/mol. The Kier molecular flexibility index (Phi) is 2.21. The van der Waals surface area contributed by atoms with Crippen LogP contribution in [0.25, 0.3) is 0 Å². The summed E-state index contributed by atoms with van der Waals surface area (Å²) < 4.78 is 10.4. The molecule has 1 atom stereocenters. The molecule has 1 aliphatic rings. The molecular weight excluding hydrogens is 182 g/mol. The van der Waals surface area contributed by atoms with E-state index in [-0.39, 0.29) is 12.8 Å². The van der Waals surface area contributed by atoms with E-state index in [1.165, 1.54) is 6.08 Å². The summed E-state index contributed by atoms with van der Waals surface area (Å²) in [4.78, 5) is 13.7. The molecule has 4 nitrogen and oxygen atoms in total. The number of hydrogen-bond acceptors (Lipinski definition) is 4. The Morgan fingerprint density at radius 1 is 1.43 bits per heavy atom. The van der Waals surface area contributed by atoms with Crippen molar-refractivity contribution in [2.24, 2.45) is 4.99 Å². The number of rotatable bonds is 2. The van der Waals surface area contributed by atoms with Gasteiger partial charge in [-0.3, -0.25) is 0 Å². The lowest BCUT2D eigenvalue weighted by Gasteiger charge is -2.04. The smallest absolute Gasteiger partial charge is 0.235 e. The molecule has 0 saturated carbocycles. The standard InChI is InChI=1S/C10H9NO3/c1-7(11-5-12)8-2-3-9-10(4-8)14-6-13-9/h2-4,7H,6H2,1H3. The lowest BCUT2D eigenvalue weighted by atomic mass is 10.1. The molecule has 0 radical (unpaired) electrons. The minimum Gasteiger partial charge on any atom is -0.454 e. The molecule has 1 aromatic rings. The van der Waals surface area contributed by atoms with Crippen molar-refractivity contribution in [3.05, 3.63) is 23.8 Å². The largest absolute Gasteiger partial charge is 0.454 e. The van der Waals surface area contributed by atoms with Gasteiger partial charge in [0.2, 0.25) is 12.9 Å². The molecule has 2 rings (SSSR count). The fourth-order valence-corrected chi connectivity index (χ4v) is 1.33. The highest BCUT2D eigenvalue weighted by molar-refractivity contribution is 5.46. The Morgan fingerprint density at radius 3 is 3.00 bits per heavy atom. The molecule has 0 fully saturated rings. The van der Waals surface area contributed by atoms with Gasteiger partial charge < -0.3 is 9.47 Å². The van der Waals surface area contributed by atoms with Crippen LogP contribution in [-0.2, 0) is 4.79 Å². The van der Waals surface area contributed by atoms with E-state index in [9.17, 15) is 4.79 Å². The summed E-state index contributed by atoms with van der Waals surface area (Å²) >= 11 is 0. The van der Waals surface area contributed by atoms with Crippen molar-refractivity contribution < 1.29 is 14.3 Å². The maximum Gasteiger partial charge on any atom is 0.235 e. The molecule has 1 aliphatic heterocycles. The predicted octanol–water partition coefficient (Wildman–Crippen LogP) is 1.81. The van der Waals surface area contributed by atoms with Crippen LogP contribution in [-0.4, -0.2) is 12.9 Å². The topological polar surface area (TPSA) is 47.9 Å². The summed E-state index contributed by atoms with van der Waals surface area (Å²) in [5.41, 5.74) is 0.914. The number of carbonyl (C=O) groups excluding carboxylic acids is 1. The summed E-state index contributed by atoms with van der Waals surface area (Å²) in [6.07, 6.45) is 1.54. The SMILES string of the molecule is CC(N=C=O)c1ccc2c(c1)OCO2. The van der Waals surface area contributed by atoms with E-state index in [1.807, 2.05) is 25.1 Å². The van der Waals surface area contributed by atoms with Crippen molar-refractivity contribution in [3.63, 3.8) is 0 Å². The number of hydrogen-bond donors (Lipinski definition) is 0. The summed E-state index contributed by atoms with van der Waals surface area (Å²) in [6, 6.07) is 5.31. The molecule has 1 unspecified atom stereocenters. The fourth-order valence-electron chi connectivity index (χ4n) is 1.33. The van der Waals surface area contributed by atoms with Crippen LogP contribution in [0.1, 0.15) is 18.5 Å². The lowest BCUT2D eigenvalue weighted by Crippen LogP contribution is -1.93. The third-order valence-electron chi connectivity index (χ3n) is 2.13. The predicted molar refractivity (Wildman–Crippen MR) is 49.1 cm³/mol. The summed E-state index contributed by atoms with van der Waals surface area (Å²) in [6.45, 7) is 2.08. The van der Waals surface area contributed by atoms with Crippen molar-refractivity contribution in [1.29, 1.82) is 0 Å². The number of isocyanates is 1. The van der Waals surface area contributed by atoms with Gasteiger partial charge in [0, 0.05) is 0 Å².